The number of esters is 2. The second kappa shape index (κ2) is 8.59. The van der Waals surface area contributed by atoms with Crippen molar-refractivity contribution in [3.05, 3.63) is 40.6 Å². The van der Waals surface area contributed by atoms with Crippen LogP contribution in [0.2, 0.25) is 0 Å². The van der Waals surface area contributed by atoms with Crippen LogP contribution in [-0.2, 0) is 31.9 Å². The summed E-state index contributed by atoms with van der Waals surface area (Å²) in [7, 11) is 2.45. The first kappa shape index (κ1) is 18.2. The third kappa shape index (κ3) is 4.58. The molecule has 1 N–H and O–H groups in total. The molecule has 0 amide bonds. The molecule has 1 aromatic rings. The van der Waals surface area contributed by atoms with Crippen molar-refractivity contribution in [3.8, 4) is 6.07 Å². The summed E-state index contributed by atoms with van der Waals surface area (Å²) in [6.45, 7) is 3.90. The highest BCUT2D eigenvalue weighted by Gasteiger charge is 2.15. The molecule has 1 rings (SSSR count). The predicted octanol–water partition coefficient (Wildman–Crippen LogP) is 2.32. The van der Waals surface area contributed by atoms with Crippen LogP contribution in [0.15, 0.2) is 23.9 Å². The third-order valence-electron chi connectivity index (χ3n) is 3.32. The number of carbonyl (C=O) groups excluding carboxylic acids is 2. The van der Waals surface area contributed by atoms with Crippen molar-refractivity contribution in [2.45, 2.75) is 26.7 Å². The van der Waals surface area contributed by atoms with Crippen LogP contribution >= 0.6 is 0 Å². The number of nitriles is 1. The van der Waals surface area contributed by atoms with Crippen molar-refractivity contribution < 1.29 is 19.1 Å². The van der Waals surface area contributed by atoms with Gasteiger partial charge in [0, 0.05) is 5.69 Å². The van der Waals surface area contributed by atoms with E-state index in [1.54, 1.807) is 12.1 Å². The van der Waals surface area contributed by atoms with Gasteiger partial charge >= 0.3 is 11.9 Å². The largest absolute Gasteiger partial charge is 0.466 e. The maximum Gasteiger partial charge on any atom is 0.354 e. The number of methoxy groups -OCH3 is 2. The van der Waals surface area contributed by atoms with E-state index in [4.69, 9.17) is 0 Å². The maximum absolute atomic E-state index is 11.8. The van der Waals surface area contributed by atoms with E-state index in [9.17, 15) is 14.9 Å². The van der Waals surface area contributed by atoms with Crippen molar-refractivity contribution in [1.82, 2.24) is 0 Å². The number of aryl methyl sites for hydroxylation is 2. The predicted molar refractivity (Wildman–Crippen MR) is 85.7 cm³/mol. The Hall–Kier alpha value is -2.81. The van der Waals surface area contributed by atoms with Gasteiger partial charge in [0.25, 0.3) is 0 Å². The summed E-state index contributed by atoms with van der Waals surface area (Å²) in [5, 5.41) is 12.2. The maximum atomic E-state index is 11.8. The quantitative estimate of drug-likeness (QED) is 0.640. The summed E-state index contributed by atoms with van der Waals surface area (Å²) in [5.74, 6) is -1.35. The molecular weight excluding hydrogens is 296 g/mol. The molecule has 0 aliphatic rings. The minimum absolute atomic E-state index is 0.0341. The van der Waals surface area contributed by atoms with Gasteiger partial charge in [0.15, 0.2) is 0 Å². The van der Waals surface area contributed by atoms with E-state index in [2.05, 4.69) is 20.9 Å². The van der Waals surface area contributed by atoms with E-state index in [1.165, 1.54) is 14.2 Å². The first-order chi connectivity index (χ1) is 11.0. The lowest BCUT2D eigenvalue weighted by Gasteiger charge is -2.14. The van der Waals surface area contributed by atoms with E-state index in [1.807, 2.05) is 13.8 Å². The van der Waals surface area contributed by atoms with Crippen LogP contribution in [0.4, 0.5) is 5.69 Å². The lowest BCUT2D eigenvalue weighted by molar-refractivity contribution is -0.138. The van der Waals surface area contributed by atoms with Gasteiger partial charge in [0.05, 0.1) is 31.9 Å². The molecule has 0 saturated heterocycles. The summed E-state index contributed by atoms with van der Waals surface area (Å²) < 4.78 is 9.19. The molecule has 0 aliphatic carbocycles. The number of nitrogens with one attached hydrogen (secondary N) is 1. The molecule has 122 valence electrons. The Morgan fingerprint density at radius 3 is 2.13 bits per heavy atom. The first-order valence-electron chi connectivity index (χ1n) is 7.21. The third-order valence-corrected chi connectivity index (χ3v) is 3.32. The molecule has 6 nitrogen and oxygen atoms in total. The van der Waals surface area contributed by atoms with Crippen molar-refractivity contribution >= 4 is 17.6 Å². The van der Waals surface area contributed by atoms with Crippen molar-refractivity contribution in [2.75, 3.05) is 19.5 Å². The molecule has 0 radical (unpaired) electrons. The highest BCUT2D eigenvalue weighted by Crippen LogP contribution is 2.23. The van der Waals surface area contributed by atoms with Crippen LogP contribution in [0.25, 0.3) is 0 Å². The van der Waals surface area contributed by atoms with Gasteiger partial charge < -0.3 is 14.8 Å². The summed E-state index contributed by atoms with van der Waals surface area (Å²) in [5.41, 5.74) is 2.97. The Morgan fingerprint density at radius 1 is 1.17 bits per heavy atom. The first-order valence-corrected chi connectivity index (χ1v) is 7.21. The van der Waals surface area contributed by atoms with Crippen LogP contribution in [0.1, 0.15) is 30.5 Å². The average Bonchev–Trinajstić information content (AvgIpc) is 2.58. The van der Waals surface area contributed by atoms with Crippen molar-refractivity contribution in [3.63, 3.8) is 0 Å². The van der Waals surface area contributed by atoms with Crippen LogP contribution in [0, 0.1) is 11.3 Å². The van der Waals surface area contributed by atoms with Crippen LogP contribution in [-0.4, -0.2) is 26.2 Å². The van der Waals surface area contributed by atoms with Gasteiger partial charge in [0.2, 0.25) is 0 Å². The molecule has 0 heterocycles. The number of rotatable bonds is 6. The van der Waals surface area contributed by atoms with E-state index in [0.717, 1.165) is 17.2 Å². The molecule has 0 aliphatic heterocycles. The summed E-state index contributed by atoms with van der Waals surface area (Å²) >= 11 is 0. The number of carbonyl (C=O) groups is 2. The molecule has 0 spiro atoms. The molecule has 1 aromatic carbocycles. The second-order valence-electron chi connectivity index (χ2n) is 4.69. The minimum atomic E-state index is -0.684. The van der Waals surface area contributed by atoms with Gasteiger partial charge in [-0.15, -0.1) is 0 Å². The molecule has 0 unspecified atom stereocenters. The molecule has 6 heteroatoms. The van der Waals surface area contributed by atoms with Crippen LogP contribution < -0.4 is 5.32 Å². The van der Waals surface area contributed by atoms with Gasteiger partial charge in [-0.05, 0) is 36.1 Å². The monoisotopic (exact) mass is 316 g/mol. The zero-order chi connectivity index (χ0) is 17.4. The molecule has 0 bridgehead atoms. The van der Waals surface area contributed by atoms with Crippen molar-refractivity contribution in [2.24, 2.45) is 0 Å². The molecular formula is C17H20N2O4. The number of benzene rings is 1. The molecule has 0 atom stereocenters. The molecule has 0 saturated carbocycles. The number of hydrogen-bond donors (Lipinski definition) is 1. The van der Waals surface area contributed by atoms with Gasteiger partial charge in [-0.25, -0.2) is 9.59 Å². The van der Waals surface area contributed by atoms with Crippen LogP contribution in [0.3, 0.4) is 0 Å². The zero-order valence-electron chi connectivity index (χ0n) is 13.7. The van der Waals surface area contributed by atoms with Gasteiger partial charge in [0.1, 0.15) is 5.70 Å². The van der Waals surface area contributed by atoms with Crippen molar-refractivity contribution in [1.29, 1.82) is 5.26 Å². The normalized spacial score (nSPS) is 10.7. The van der Waals surface area contributed by atoms with Crippen LogP contribution in [0.5, 0.6) is 0 Å². The zero-order valence-corrected chi connectivity index (χ0v) is 13.7. The van der Waals surface area contributed by atoms with E-state index in [0.29, 0.717) is 24.1 Å². The highest BCUT2D eigenvalue weighted by atomic mass is 16.5. The fraction of sp³-hybridized carbons (Fsp3) is 0.353. The number of hydrogen-bond acceptors (Lipinski definition) is 6. The highest BCUT2D eigenvalue weighted by molar-refractivity contribution is 5.98. The second-order valence-corrected chi connectivity index (χ2v) is 4.69. The van der Waals surface area contributed by atoms with E-state index < -0.39 is 11.9 Å². The Kier molecular flexibility index (Phi) is 6.81. The van der Waals surface area contributed by atoms with Gasteiger partial charge in [-0.2, -0.15) is 5.26 Å². The minimum Gasteiger partial charge on any atom is -0.466 e. The standard InChI is InChI=1S/C17H20N2O4/c1-5-11-7-13(8-12(6-2)14(11)10-18)19-15(17(21)23-4)9-16(20)22-3/h7-9,19H,5-6H2,1-4H3/b15-9+. The molecule has 23 heavy (non-hydrogen) atoms. The fourth-order valence-corrected chi connectivity index (χ4v) is 2.13. The molecule has 0 aromatic heterocycles. The topological polar surface area (TPSA) is 88.4 Å². The smallest absolute Gasteiger partial charge is 0.354 e. The summed E-state index contributed by atoms with van der Waals surface area (Å²) in [4.78, 5) is 23.2. The Labute approximate surface area is 135 Å². The van der Waals surface area contributed by atoms with Gasteiger partial charge in [-0.3, -0.25) is 0 Å². The Morgan fingerprint density at radius 2 is 1.74 bits per heavy atom. The number of ether oxygens (including phenoxy) is 2. The summed E-state index contributed by atoms with van der Waals surface area (Å²) in [6, 6.07) is 5.78. The lowest BCUT2D eigenvalue weighted by Crippen LogP contribution is -2.16. The van der Waals surface area contributed by atoms with E-state index >= 15 is 0 Å². The number of nitrogens with zero attached hydrogens (tertiary/aromatic N) is 1. The SMILES string of the molecule is CCc1cc(N/C(=C/C(=O)OC)C(=O)OC)cc(CC)c1C#N. The van der Waals surface area contributed by atoms with E-state index in [-0.39, 0.29) is 5.70 Å². The van der Waals surface area contributed by atoms with Gasteiger partial charge in [-0.1, -0.05) is 13.8 Å². The fourth-order valence-electron chi connectivity index (χ4n) is 2.13. The molecule has 0 fully saturated rings. The Bertz CT molecular complexity index is 647. The summed E-state index contributed by atoms with van der Waals surface area (Å²) in [6.07, 6.45) is 2.39. The lowest BCUT2D eigenvalue weighted by atomic mass is 9.97. The average molecular weight is 316 g/mol. The number of anilines is 1. The Balaban J connectivity index is 3.29.